The van der Waals surface area contributed by atoms with Crippen LogP contribution in [0.3, 0.4) is 0 Å². The predicted molar refractivity (Wildman–Crippen MR) is 155 cm³/mol. The van der Waals surface area contributed by atoms with Gasteiger partial charge in [0.25, 0.3) is 0 Å². The summed E-state index contributed by atoms with van der Waals surface area (Å²) >= 11 is 6.64. The summed E-state index contributed by atoms with van der Waals surface area (Å²) in [6.45, 7) is 0.148. The van der Waals surface area contributed by atoms with E-state index in [1.165, 1.54) is 31.4 Å². The van der Waals surface area contributed by atoms with E-state index in [9.17, 15) is 23.9 Å². The number of anilines is 2. The first-order valence-electron chi connectivity index (χ1n) is 13.3. The number of carbonyl (C=O) groups excluding carboxylic acids is 3. The minimum Gasteiger partial charge on any atom is -0.550 e. The maximum absolute atomic E-state index is 13.2. The van der Waals surface area contributed by atoms with Crippen LogP contribution in [0.15, 0.2) is 66.9 Å². The third-order valence-electron chi connectivity index (χ3n) is 6.92. The van der Waals surface area contributed by atoms with Gasteiger partial charge in [-0.25, -0.2) is 4.39 Å². The SMILES string of the molecule is COc1cc2c(Oc3cccc(NC(=O)C4(C(=O)Nc5ccc(F)cc5)CC4)c3Cl)ccnc2cc1OCCCC(=O)[O-].[Na+]. The number of nitrogens with zero attached hydrogens (tertiary/aromatic N) is 1. The number of halogens is 2. The Bertz CT molecular complexity index is 1700. The first kappa shape index (κ1) is 33.0. The number of fused-ring (bicyclic) bond motifs is 1. The van der Waals surface area contributed by atoms with Gasteiger partial charge in [0.05, 0.1) is 24.9 Å². The van der Waals surface area contributed by atoms with Crippen molar-refractivity contribution in [3.8, 4) is 23.0 Å². The summed E-state index contributed by atoms with van der Waals surface area (Å²) < 4.78 is 30.5. The van der Waals surface area contributed by atoms with E-state index < -0.39 is 29.0 Å². The molecule has 0 atom stereocenters. The van der Waals surface area contributed by atoms with E-state index in [-0.39, 0.29) is 65.5 Å². The normalized spacial score (nSPS) is 12.9. The van der Waals surface area contributed by atoms with Gasteiger partial charge in [-0.3, -0.25) is 14.6 Å². The van der Waals surface area contributed by atoms with Crippen molar-refractivity contribution in [2.75, 3.05) is 24.4 Å². The van der Waals surface area contributed by atoms with Crippen LogP contribution in [0.5, 0.6) is 23.0 Å². The Morgan fingerprint density at radius 1 is 0.977 bits per heavy atom. The van der Waals surface area contributed by atoms with Crippen molar-refractivity contribution in [3.05, 3.63) is 77.7 Å². The van der Waals surface area contributed by atoms with Gasteiger partial charge in [-0.15, -0.1) is 0 Å². The second-order valence-electron chi connectivity index (χ2n) is 9.87. The molecule has 1 fully saturated rings. The van der Waals surface area contributed by atoms with Crippen LogP contribution in [-0.4, -0.2) is 36.5 Å². The summed E-state index contributed by atoms with van der Waals surface area (Å²) in [5.41, 5.74) is -0.101. The molecule has 0 saturated heterocycles. The molecule has 10 nitrogen and oxygen atoms in total. The van der Waals surface area contributed by atoms with Crippen LogP contribution in [-0.2, 0) is 14.4 Å². The molecule has 0 aliphatic heterocycles. The average molecular weight is 630 g/mol. The van der Waals surface area contributed by atoms with Crippen LogP contribution in [0, 0.1) is 11.2 Å². The molecule has 2 amide bonds. The summed E-state index contributed by atoms with van der Waals surface area (Å²) in [5, 5.41) is 16.8. The summed E-state index contributed by atoms with van der Waals surface area (Å²) in [5.74, 6) is -1.17. The third-order valence-corrected chi connectivity index (χ3v) is 7.31. The maximum Gasteiger partial charge on any atom is 1.00 e. The number of carbonyl (C=O) groups is 3. The largest absolute Gasteiger partial charge is 1.00 e. The quantitative estimate of drug-likeness (QED) is 0.138. The molecule has 13 heteroatoms. The van der Waals surface area contributed by atoms with Crippen LogP contribution in [0.25, 0.3) is 10.9 Å². The number of carboxylic acid groups (broad SMARTS) is 1. The van der Waals surface area contributed by atoms with E-state index in [1.54, 1.807) is 42.6 Å². The molecule has 1 aliphatic carbocycles. The number of ether oxygens (including phenoxy) is 3. The molecule has 1 aliphatic rings. The number of carboxylic acids is 1. The predicted octanol–water partition coefficient (Wildman–Crippen LogP) is 2.10. The second-order valence-corrected chi connectivity index (χ2v) is 10.2. The first-order chi connectivity index (χ1) is 20.7. The fourth-order valence-electron chi connectivity index (χ4n) is 4.40. The van der Waals surface area contributed by atoms with Gasteiger partial charge in [0.1, 0.15) is 27.8 Å². The molecule has 222 valence electrons. The molecule has 0 radical (unpaired) electrons. The van der Waals surface area contributed by atoms with Gasteiger partial charge in [0.15, 0.2) is 11.5 Å². The molecular formula is C31H26ClFN3NaO7. The second kappa shape index (κ2) is 14.3. The zero-order chi connectivity index (χ0) is 30.6. The van der Waals surface area contributed by atoms with Crippen LogP contribution in [0.1, 0.15) is 25.7 Å². The number of hydrogen-bond donors (Lipinski definition) is 2. The number of methoxy groups -OCH3 is 1. The van der Waals surface area contributed by atoms with Crippen molar-refractivity contribution >= 4 is 51.7 Å². The van der Waals surface area contributed by atoms with E-state index in [0.29, 0.717) is 46.7 Å². The fourth-order valence-corrected chi connectivity index (χ4v) is 4.61. The van der Waals surface area contributed by atoms with Crippen LogP contribution >= 0.6 is 11.6 Å². The maximum atomic E-state index is 13.2. The van der Waals surface area contributed by atoms with Crippen molar-refractivity contribution in [2.24, 2.45) is 5.41 Å². The van der Waals surface area contributed by atoms with Gasteiger partial charge >= 0.3 is 29.6 Å². The smallest absolute Gasteiger partial charge is 0.550 e. The number of pyridine rings is 1. The molecule has 5 rings (SSSR count). The van der Waals surface area contributed by atoms with Crippen molar-refractivity contribution in [1.82, 2.24) is 4.98 Å². The zero-order valence-electron chi connectivity index (χ0n) is 23.9. The van der Waals surface area contributed by atoms with Gasteiger partial charge in [0, 0.05) is 29.3 Å². The minimum atomic E-state index is -1.27. The number of amides is 2. The number of benzene rings is 3. The molecule has 2 N–H and O–H groups in total. The van der Waals surface area contributed by atoms with Crippen molar-refractivity contribution < 1.29 is 67.6 Å². The Morgan fingerprint density at radius 2 is 1.70 bits per heavy atom. The van der Waals surface area contributed by atoms with Crippen LogP contribution in [0.4, 0.5) is 15.8 Å². The monoisotopic (exact) mass is 629 g/mol. The Morgan fingerprint density at radius 3 is 2.39 bits per heavy atom. The van der Waals surface area contributed by atoms with E-state index in [1.807, 2.05) is 0 Å². The zero-order valence-corrected chi connectivity index (χ0v) is 26.7. The molecule has 3 aromatic carbocycles. The Kier molecular flexibility index (Phi) is 10.7. The Labute approximate surface area is 279 Å². The molecule has 44 heavy (non-hydrogen) atoms. The molecule has 1 aromatic heterocycles. The van der Waals surface area contributed by atoms with Gasteiger partial charge in [-0.2, -0.15) is 0 Å². The molecule has 0 unspecified atom stereocenters. The summed E-state index contributed by atoms with van der Waals surface area (Å²) in [4.78, 5) is 41.2. The van der Waals surface area contributed by atoms with Gasteiger partial charge in [-0.1, -0.05) is 17.7 Å². The standard InChI is InChI=1S/C31H27ClFN3O7.Na/c1-41-25-16-20-22(17-26(25)42-15-3-6-27(37)38)34-14-11-23(20)43-24-5-2-4-21(28(24)32)36-30(40)31(12-13-31)29(39)35-19-9-7-18(33)8-10-19;/h2,4-5,7-11,14,16-17H,3,6,12-13,15H2,1H3,(H,35,39)(H,36,40)(H,37,38);/q;+1/p-1. The Balaban J connectivity index is 0.00000442. The topological polar surface area (TPSA) is 139 Å². The molecule has 4 aromatic rings. The summed E-state index contributed by atoms with van der Waals surface area (Å²) in [6, 6.07) is 15.1. The Hall–Kier alpha value is -3.90. The molecule has 1 saturated carbocycles. The number of aromatic nitrogens is 1. The minimum absolute atomic E-state index is 0. The van der Waals surface area contributed by atoms with Gasteiger partial charge in [0.2, 0.25) is 11.8 Å². The summed E-state index contributed by atoms with van der Waals surface area (Å²) in [6.07, 6.45) is 2.39. The van der Waals surface area contributed by atoms with E-state index in [4.69, 9.17) is 25.8 Å². The van der Waals surface area contributed by atoms with Gasteiger partial charge in [-0.05, 0) is 74.2 Å². The van der Waals surface area contributed by atoms with Crippen LogP contribution < -0.4 is 59.5 Å². The number of aliphatic carboxylic acids is 1. The van der Waals surface area contributed by atoms with Crippen molar-refractivity contribution in [2.45, 2.75) is 25.7 Å². The number of hydrogen-bond acceptors (Lipinski definition) is 8. The molecule has 0 spiro atoms. The van der Waals surface area contributed by atoms with Crippen molar-refractivity contribution in [3.63, 3.8) is 0 Å². The van der Waals surface area contributed by atoms with E-state index >= 15 is 0 Å². The third kappa shape index (κ3) is 7.41. The first-order valence-corrected chi connectivity index (χ1v) is 13.7. The fraction of sp³-hybridized carbons (Fsp3) is 0.226. The molecule has 0 bridgehead atoms. The van der Waals surface area contributed by atoms with Crippen LogP contribution in [0.2, 0.25) is 5.02 Å². The number of rotatable bonds is 12. The van der Waals surface area contributed by atoms with E-state index in [2.05, 4.69) is 15.6 Å². The number of nitrogens with one attached hydrogen (secondary N) is 2. The van der Waals surface area contributed by atoms with E-state index in [0.717, 1.165) is 0 Å². The molecule has 1 heterocycles. The average Bonchev–Trinajstić information content (AvgIpc) is 3.81. The summed E-state index contributed by atoms with van der Waals surface area (Å²) in [7, 11) is 1.47. The molecular weight excluding hydrogens is 604 g/mol. The van der Waals surface area contributed by atoms with Crippen molar-refractivity contribution in [1.29, 1.82) is 0 Å². The van der Waals surface area contributed by atoms with Gasteiger partial charge < -0.3 is 34.7 Å².